The molecule has 0 aliphatic heterocycles. The highest BCUT2D eigenvalue weighted by atomic mass is 16.3. The van der Waals surface area contributed by atoms with Gasteiger partial charge in [0.05, 0.1) is 12.3 Å². The predicted octanol–water partition coefficient (Wildman–Crippen LogP) is 3.06. The van der Waals surface area contributed by atoms with E-state index in [4.69, 9.17) is 4.42 Å². The minimum Gasteiger partial charge on any atom is -0.468 e. The number of hydrogen-bond donors (Lipinski definition) is 1. The van der Waals surface area contributed by atoms with E-state index < -0.39 is 0 Å². The lowest BCUT2D eigenvalue weighted by Crippen LogP contribution is -2.27. The van der Waals surface area contributed by atoms with E-state index >= 15 is 0 Å². The Labute approximate surface area is 107 Å². The molecule has 2 heterocycles. The summed E-state index contributed by atoms with van der Waals surface area (Å²) in [7, 11) is 1.99. The lowest BCUT2D eigenvalue weighted by atomic mass is 9.81. The number of rotatable bonds is 3. The van der Waals surface area contributed by atoms with Crippen LogP contribution in [0, 0.1) is 0 Å². The highest BCUT2D eigenvalue weighted by Crippen LogP contribution is 2.38. The third kappa shape index (κ3) is 1.95. The van der Waals surface area contributed by atoms with Crippen LogP contribution in [-0.2, 0) is 6.42 Å². The van der Waals surface area contributed by atoms with Gasteiger partial charge in [0.15, 0.2) is 0 Å². The number of aryl methyl sites for hydroxylation is 1. The van der Waals surface area contributed by atoms with Gasteiger partial charge >= 0.3 is 0 Å². The average Bonchev–Trinajstić information content (AvgIpc) is 2.94. The Hall–Kier alpha value is -1.61. The van der Waals surface area contributed by atoms with Crippen LogP contribution in [-0.4, -0.2) is 12.0 Å². The number of aromatic nitrogens is 1. The molecule has 0 saturated carbocycles. The average molecular weight is 242 g/mol. The molecule has 3 rings (SSSR count). The number of pyridine rings is 1. The standard InChI is InChI=1S/C15H18N2O/c1-16-15(13-8-4-10-18-13)12-7-2-5-11-6-3-9-17-14(11)12/h3-4,6,8-10,12,15-16H,2,5,7H2,1H3. The third-order valence-electron chi connectivity index (χ3n) is 3.80. The van der Waals surface area contributed by atoms with Crippen molar-refractivity contribution in [2.45, 2.75) is 31.2 Å². The van der Waals surface area contributed by atoms with Crippen molar-refractivity contribution in [1.82, 2.24) is 10.3 Å². The van der Waals surface area contributed by atoms with Crippen LogP contribution < -0.4 is 5.32 Å². The Kier molecular flexibility index (Phi) is 3.15. The number of nitrogens with one attached hydrogen (secondary N) is 1. The molecular formula is C15H18N2O. The Morgan fingerprint density at radius 3 is 3.11 bits per heavy atom. The van der Waals surface area contributed by atoms with Crippen molar-refractivity contribution in [3.8, 4) is 0 Å². The van der Waals surface area contributed by atoms with E-state index in [2.05, 4.69) is 16.4 Å². The Balaban J connectivity index is 1.97. The van der Waals surface area contributed by atoms with Crippen molar-refractivity contribution in [3.63, 3.8) is 0 Å². The van der Waals surface area contributed by atoms with Crippen LogP contribution in [0.5, 0.6) is 0 Å². The first-order valence-electron chi connectivity index (χ1n) is 6.54. The molecule has 0 saturated heterocycles. The summed E-state index contributed by atoms with van der Waals surface area (Å²) >= 11 is 0. The van der Waals surface area contributed by atoms with Crippen LogP contribution in [0.2, 0.25) is 0 Å². The number of hydrogen-bond acceptors (Lipinski definition) is 3. The molecule has 3 nitrogen and oxygen atoms in total. The number of nitrogens with zero attached hydrogens (tertiary/aromatic N) is 1. The molecule has 2 unspecified atom stereocenters. The van der Waals surface area contributed by atoms with Crippen molar-refractivity contribution >= 4 is 0 Å². The van der Waals surface area contributed by atoms with E-state index in [1.807, 2.05) is 31.4 Å². The summed E-state index contributed by atoms with van der Waals surface area (Å²) in [4.78, 5) is 4.60. The second-order valence-corrected chi connectivity index (χ2v) is 4.83. The Bertz CT molecular complexity index is 507. The van der Waals surface area contributed by atoms with Crippen molar-refractivity contribution < 1.29 is 4.42 Å². The fourth-order valence-corrected chi connectivity index (χ4v) is 2.98. The molecule has 94 valence electrons. The summed E-state index contributed by atoms with van der Waals surface area (Å²) < 4.78 is 5.56. The molecule has 0 bridgehead atoms. The van der Waals surface area contributed by atoms with Gasteiger partial charge in [0.2, 0.25) is 0 Å². The molecule has 2 aromatic rings. The molecular weight excluding hydrogens is 224 g/mol. The van der Waals surface area contributed by atoms with E-state index in [-0.39, 0.29) is 6.04 Å². The zero-order valence-electron chi connectivity index (χ0n) is 10.6. The Morgan fingerprint density at radius 1 is 1.39 bits per heavy atom. The zero-order valence-corrected chi connectivity index (χ0v) is 10.6. The molecule has 0 radical (unpaired) electrons. The highest BCUT2D eigenvalue weighted by Gasteiger charge is 2.30. The van der Waals surface area contributed by atoms with Crippen LogP contribution in [0.25, 0.3) is 0 Å². The Morgan fingerprint density at radius 2 is 2.33 bits per heavy atom. The second-order valence-electron chi connectivity index (χ2n) is 4.83. The largest absolute Gasteiger partial charge is 0.468 e. The zero-order chi connectivity index (χ0) is 12.4. The number of furan rings is 1. The maximum absolute atomic E-state index is 5.56. The lowest BCUT2D eigenvalue weighted by Gasteiger charge is -2.30. The smallest absolute Gasteiger partial charge is 0.121 e. The van der Waals surface area contributed by atoms with Crippen LogP contribution in [0.15, 0.2) is 41.1 Å². The number of likely N-dealkylation sites (N-methyl/N-ethyl adjacent to an activating group) is 1. The molecule has 0 amide bonds. The summed E-state index contributed by atoms with van der Waals surface area (Å²) in [6, 6.07) is 8.43. The van der Waals surface area contributed by atoms with Crippen molar-refractivity contribution in [3.05, 3.63) is 53.7 Å². The van der Waals surface area contributed by atoms with Gasteiger partial charge < -0.3 is 9.73 Å². The fourth-order valence-electron chi connectivity index (χ4n) is 2.98. The van der Waals surface area contributed by atoms with Gasteiger partial charge in [-0.15, -0.1) is 0 Å². The first kappa shape index (κ1) is 11.5. The van der Waals surface area contributed by atoms with Crippen molar-refractivity contribution in [2.75, 3.05) is 7.05 Å². The first-order chi connectivity index (χ1) is 8.90. The van der Waals surface area contributed by atoms with Gasteiger partial charge in [0, 0.05) is 17.8 Å². The maximum atomic E-state index is 5.56. The van der Waals surface area contributed by atoms with Gasteiger partial charge in [-0.05, 0) is 50.1 Å². The summed E-state index contributed by atoms with van der Waals surface area (Å²) in [5.41, 5.74) is 2.63. The van der Waals surface area contributed by atoms with Gasteiger partial charge in [-0.1, -0.05) is 6.07 Å². The van der Waals surface area contributed by atoms with Crippen molar-refractivity contribution in [2.24, 2.45) is 0 Å². The number of fused-ring (bicyclic) bond motifs is 1. The molecule has 2 aromatic heterocycles. The molecule has 2 atom stereocenters. The van der Waals surface area contributed by atoms with Gasteiger partial charge in [0.1, 0.15) is 5.76 Å². The summed E-state index contributed by atoms with van der Waals surface area (Å²) in [5.74, 6) is 1.41. The topological polar surface area (TPSA) is 38.1 Å². The molecule has 0 fully saturated rings. The van der Waals surface area contributed by atoms with E-state index in [1.165, 1.54) is 17.7 Å². The minimum absolute atomic E-state index is 0.217. The predicted molar refractivity (Wildman–Crippen MR) is 70.4 cm³/mol. The maximum Gasteiger partial charge on any atom is 0.121 e. The summed E-state index contributed by atoms with van der Waals surface area (Å²) in [6.07, 6.45) is 7.17. The van der Waals surface area contributed by atoms with Crippen LogP contribution in [0.1, 0.15) is 41.8 Å². The fraction of sp³-hybridized carbons (Fsp3) is 0.400. The van der Waals surface area contributed by atoms with Gasteiger partial charge in [-0.2, -0.15) is 0 Å². The molecule has 3 heteroatoms. The van der Waals surface area contributed by atoms with Gasteiger partial charge in [-0.25, -0.2) is 0 Å². The first-order valence-corrected chi connectivity index (χ1v) is 6.54. The SMILES string of the molecule is CNC(c1ccco1)C1CCCc2cccnc21. The van der Waals surface area contributed by atoms with E-state index in [0.717, 1.165) is 18.6 Å². The minimum atomic E-state index is 0.217. The monoisotopic (exact) mass is 242 g/mol. The molecule has 0 spiro atoms. The van der Waals surface area contributed by atoms with E-state index in [9.17, 15) is 0 Å². The normalized spacial score (nSPS) is 20.4. The van der Waals surface area contributed by atoms with E-state index in [1.54, 1.807) is 6.26 Å². The molecule has 1 aliphatic carbocycles. The molecule has 1 aliphatic rings. The second kappa shape index (κ2) is 4.94. The van der Waals surface area contributed by atoms with Gasteiger partial charge in [0.25, 0.3) is 0 Å². The van der Waals surface area contributed by atoms with E-state index in [0.29, 0.717) is 5.92 Å². The molecule has 0 aromatic carbocycles. The summed E-state index contributed by atoms with van der Waals surface area (Å²) in [5, 5.41) is 3.38. The lowest BCUT2D eigenvalue weighted by molar-refractivity contribution is 0.352. The van der Waals surface area contributed by atoms with Crippen molar-refractivity contribution in [1.29, 1.82) is 0 Å². The molecule has 1 N–H and O–H groups in total. The quantitative estimate of drug-likeness (QED) is 0.899. The van der Waals surface area contributed by atoms with Gasteiger partial charge in [-0.3, -0.25) is 4.98 Å². The van der Waals surface area contributed by atoms with Crippen LogP contribution in [0.4, 0.5) is 0 Å². The third-order valence-corrected chi connectivity index (χ3v) is 3.80. The molecule has 18 heavy (non-hydrogen) atoms. The highest BCUT2D eigenvalue weighted by molar-refractivity contribution is 5.29. The summed E-state index contributed by atoms with van der Waals surface area (Å²) in [6.45, 7) is 0. The van der Waals surface area contributed by atoms with Crippen LogP contribution in [0.3, 0.4) is 0 Å². The van der Waals surface area contributed by atoms with Crippen LogP contribution >= 0.6 is 0 Å².